The zero-order valence-electron chi connectivity index (χ0n) is 15.0. The highest BCUT2D eigenvalue weighted by Gasteiger charge is 2.21. The van der Waals surface area contributed by atoms with Crippen LogP contribution < -0.4 is 14.8 Å². The van der Waals surface area contributed by atoms with Gasteiger partial charge in [-0.25, -0.2) is 0 Å². The van der Waals surface area contributed by atoms with E-state index in [-0.39, 0.29) is 17.9 Å². The summed E-state index contributed by atoms with van der Waals surface area (Å²) in [7, 11) is 0. The van der Waals surface area contributed by atoms with Crippen LogP contribution in [0, 0.1) is 17.2 Å². The lowest BCUT2D eigenvalue weighted by Crippen LogP contribution is -2.31. The fourth-order valence-electron chi connectivity index (χ4n) is 2.96. The second-order valence-electron chi connectivity index (χ2n) is 6.64. The Balaban J connectivity index is 1.84. The first kappa shape index (κ1) is 17.8. The minimum atomic E-state index is -0.201. The zero-order valence-corrected chi connectivity index (χ0v) is 15.0. The maximum Gasteiger partial charge on any atom is 0.251 e. The topological polar surface area (TPSA) is 71.4 Å². The Hall–Kier alpha value is -3.00. The summed E-state index contributed by atoms with van der Waals surface area (Å²) in [5.74, 6) is 1.43. The maximum absolute atomic E-state index is 12.7. The lowest BCUT2D eigenvalue weighted by atomic mass is 9.95. The van der Waals surface area contributed by atoms with E-state index in [2.05, 4.69) is 25.2 Å². The number of amides is 1. The molecular formula is C21H22N2O3. The van der Waals surface area contributed by atoms with E-state index in [1.807, 2.05) is 18.2 Å². The standard InChI is InChI=1S/C21H22N2O3/c1-14(2)20(23-21(24)17-6-3-5-15(11-17)13-22)16-7-8-18-19(12-16)26-10-4-9-25-18/h3,5-8,11-12,14,20H,4,9-10H2,1-2H3,(H,23,24). The van der Waals surface area contributed by atoms with Gasteiger partial charge in [0.15, 0.2) is 11.5 Å². The number of rotatable bonds is 4. The van der Waals surface area contributed by atoms with Crippen molar-refractivity contribution in [1.82, 2.24) is 5.32 Å². The molecule has 0 aliphatic carbocycles. The van der Waals surface area contributed by atoms with Gasteiger partial charge in [0.05, 0.1) is 30.9 Å². The van der Waals surface area contributed by atoms with E-state index < -0.39 is 0 Å². The van der Waals surface area contributed by atoms with Crippen LogP contribution in [0.4, 0.5) is 0 Å². The molecule has 1 atom stereocenters. The largest absolute Gasteiger partial charge is 0.490 e. The van der Waals surface area contributed by atoms with Crippen LogP contribution in [0.15, 0.2) is 42.5 Å². The van der Waals surface area contributed by atoms with Crippen molar-refractivity contribution in [3.8, 4) is 17.6 Å². The van der Waals surface area contributed by atoms with Crippen molar-refractivity contribution in [1.29, 1.82) is 5.26 Å². The second-order valence-corrected chi connectivity index (χ2v) is 6.64. The fourth-order valence-corrected chi connectivity index (χ4v) is 2.96. The van der Waals surface area contributed by atoms with Crippen molar-refractivity contribution in [2.24, 2.45) is 5.92 Å². The third kappa shape index (κ3) is 3.97. The quantitative estimate of drug-likeness (QED) is 0.909. The van der Waals surface area contributed by atoms with Gasteiger partial charge in [-0.3, -0.25) is 4.79 Å². The van der Waals surface area contributed by atoms with Gasteiger partial charge in [-0.15, -0.1) is 0 Å². The highest BCUT2D eigenvalue weighted by Crippen LogP contribution is 2.34. The van der Waals surface area contributed by atoms with Gasteiger partial charge in [0.2, 0.25) is 0 Å². The predicted molar refractivity (Wildman–Crippen MR) is 98.3 cm³/mol. The molecule has 5 heteroatoms. The summed E-state index contributed by atoms with van der Waals surface area (Å²) < 4.78 is 11.4. The lowest BCUT2D eigenvalue weighted by molar-refractivity contribution is 0.0925. The Kier molecular flexibility index (Phi) is 5.43. The van der Waals surface area contributed by atoms with Crippen molar-refractivity contribution in [3.05, 3.63) is 59.2 Å². The molecule has 1 aliphatic rings. The first-order chi connectivity index (χ1) is 12.6. The molecule has 0 spiro atoms. The van der Waals surface area contributed by atoms with Gasteiger partial charge in [0, 0.05) is 12.0 Å². The number of nitriles is 1. The second kappa shape index (κ2) is 7.92. The Morgan fingerprint density at radius 1 is 1.12 bits per heavy atom. The molecule has 0 fully saturated rings. The molecule has 0 saturated heterocycles. The molecule has 1 aliphatic heterocycles. The Morgan fingerprint density at radius 2 is 1.88 bits per heavy atom. The molecule has 2 aromatic carbocycles. The summed E-state index contributed by atoms with van der Waals surface area (Å²) in [4.78, 5) is 12.7. The van der Waals surface area contributed by atoms with E-state index in [1.54, 1.807) is 24.3 Å². The van der Waals surface area contributed by atoms with Gasteiger partial charge in [-0.1, -0.05) is 26.0 Å². The van der Waals surface area contributed by atoms with Crippen LogP contribution in [0.3, 0.4) is 0 Å². The minimum Gasteiger partial charge on any atom is -0.490 e. The third-order valence-electron chi connectivity index (χ3n) is 4.34. The summed E-state index contributed by atoms with van der Waals surface area (Å²) in [6.45, 7) is 5.38. The van der Waals surface area contributed by atoms with Crippen LogP contribution in [-0.2, 0) is 0 Å². The first-order valence-corrected chi connectivity index (χ1v) is 8.79. The van der Waals surface area contributed by atoms with E-state index in [9.17, 15) is 4.79 Å². The summed E-state index contributed by atoms with van der Waals surface area (Å²) in [5, 5.41) is 12.1. The Bertz CT molecular complexity index is 839. The summed E-state index contributed by atoms with van der Waals surface area (Å²) in [6, 6.07) is 14.4. The predicted octanol–water partition coefficient (Wildman–Crippen LogP) is 3.85. The van der Waals surface area contributed by atoms with E-state index in [1.165, 1.54) is 0 Å². The average molecular weight is 350 g/mol. The van der Waals surface area contributed by atoms with Gasteiger partial charge in [0.25, 0.3) is 5.91 Å². The number of nitrogens with one attached hydrogen (secondary N) is 1. The zero-order chi connectivity index (χ0) is 18.5. The molecule has 2 aromatic rings. The van der Waals surface area contributed by atoms with Crippen LogP contribution in [-0.4, -0.2) is 19.1 Å². The minimum absolute atomic E-state index is 0.176. The molecule has 0 aromatic heterocycles. The number of carbonyl (C=O) groups excluding carboxylic acids is 1. The van der Waals surface area contributed by atoms with Crippen molar-refractivity contribution in [2.45, 2.75) is 26.3 Å². The van der Waals surface area contributed by atoms with E-state index >= 15 is 0 Å². The van der Waals surface area contributed by atoms with Crippen LogP contribution >= 0.6 is 0 Å². The monoisotopic (exact) mass is 350 g/mol. The van der Waals surface area contributed by atoms with Gasteiger partial charge >= 0.3 is 0 Å². The molecule has 0 radical (unpaired) electrons. The van der Waals surface area contributed by atoms with Crippen molar-refractivity contribution in [2.75, 3.05) is 13.2 Å². The number of benzene rings is 2. The molecule has 1 amide bonds. The molecule has 0 bridgehead atoms. The molecule has 0 saturated carbocycles. The number of fused-ring (bicyclic) bond motifs is 1. The molecule has 26 heavy (non-hydrogen) atoms. The highest BCUT2D eigenvalue weighted by molar-refractivity contribution is 5.94. The molecule has 134 valence electrons. The van der Waals surface area contributed by atoms with Gasteiger partial charge in [-0.2, -0.15) is 5.26 Å². The van der Waals surface area contributed by atoms with Crippen LogP contribution in [0.1, 0.15) is 47.8 Å². The van der Waals surface area contributed by atoms with E-state index in [4.69, 9.17) is 14.7 Å². The Morgan fingerprint density at radius 3 is 2.62 bits per heavy atom. The van der Waals surface area contributed by atoms with E-state index in [0.29, 0.717) is 30.1 Å². The SMILES string of the molecule is CC(C)C(NC(=O)c1cccc(C#N)c1)c1ccc2c(c1)OCCCO2. The van der Waals surface area contributed by atoms with Crippen LogP contribution in [0.5, 0.6) is 11.5 Å². The molecule has 1 unspecified atom stereocenters. The molecular weight excluding hydrogens is 328 g/mol. The van der Waals surface area contributed by atoms with Crippen molar-refractivity contribution >= 4 is 5.91 Å². The average Bonchev–Trinajstić information content (AvgIpc) is 2.90. The lowest BCUT2D eigenvalue weighted by Gasteiger charge is -2.24. The maximum atomic E-state index is 12.7. The highest BCUT2D eigenvalue weighted by atomic mass is 16.5. The summed E-state index contributed by atoms with van der Waals surface area (Å²) >= 11 is 0. The third-order valence-corrected chi connectivity index (χ3v) is 4.34. The number of carbonyl (C=O) groups is 1. The molecule has 1 N–H and O–H groups in total. The van der Waals surface area contributed by atoms with Crippen molar-refractivity contribution in [3.63, 3.8) is 0 Å². The van der Waals surface area contributed by atoms with Crippen LogP contribution in [0.2, 0.25) is 0 Å². The Labute approximate surface area is 153 Å². The summed E-state index contributed by atoms with van der Waals surface area (Å²) in [5.41, 5.74) is 1.91. The van der Waals surface area contributed by atoms with Gasteiger partial charge < -0.3 is 14.8 Å². The molecule has 1 heterocycles. The van der Waals surface area contributed by atoms with Crippen LogP contribution in [0.25, 0.3) is 0 Å². The molecule has 3 rings (SSSR count). The molecule has 5 nitrogen and oxygen atoms in total. The first-order valence-electron chi connectivity index (χ1n) is 8.79. The fraction of sp³-hybridized carbons (Fsp3) is 0.333. The summed E-state index contributed by atoms with van der Waals surface area (Å²) in [6.07, 6.45) is 0.851. The van der Waals surface area contributed by atoms with Crippen molar-refractivity contribution < 1.29 is 14.3 Å². The number of nitrogens with zero attached hydrogens (tertiary/aromatic N) is 1. The van der Waals surface area contributed by atoms with Gasteiger partial charge in [-0.05, 0) is 41.8 Å². The number of hydrogen-bond donors (Lipinski definition) is 1. The normalized spacial score (nSPS) is 14.2. The van der Waals surface area contributed by atoms with E-state index in [0.717, 1.165) is 17.7 Å². The number of hydrogen-bond acceptors (Lipinski definition) is 4. The smallest absolute Gasteiger partial charge is 0.251 e. The van der Waals surface area contributed by atoms with Gasteiger partial charge in [0.1, 0.15) is 0 Å². The number of ether oxygens (including phenoxy) is 2.